The van der Waals surface area contributed by atoms with Crippen molar-refractivity contribution in [3.63, 3.8) is 0 Å². The fraction of sp³-hybridized carbons (Fsp3) is 0.579. The van der Waals surface area contributed by atoms with Crippen LogP contribution in [0.1, 0.15) is 32.3 Å². The largest absolute Gasteiger partial charge is 0.356 e. The molecule has 1 aromatic carbocycles. The Hall–Kier alpha value is -1.88. The first-order chi connectivity index (χ1) is 11.5. The highest BCUT2D eigenvalue weighted by atomic mass is 16.2. The SMILES string of the molecule is CC(C)C(=O)NCC1CCCN(C(=O)[C@@H](N)Cc2ccccc2)C1. The van der Waals surface area contributed by atoms with Gasteiger partial charge in [-0.1, -0.05) is 44.2 Å². The van der Waals surface area contributed by atoms with E-state index in [4.69, 9.17) is 5.73 Å². The number of likely N-dealkylation sites (tertiary alicyclic amines) is 1. The van der Waals surface area contributed by atoms with Gasteiger partial charge in [0, 0.05) is 25.6 Å². The lowest BCUT2D eigenvalue weighted by Crippen LogP contribution is -2.50. The maximum atomic E-state index is 12.6. The molecule has 0 bridgehead atoms. The molecule has 132 valence electrons. The minimum atomic E-state index is -0.503. The van der Waals surface area contributed by atoms with Crippen molar-refractivity contribution in [2.24, 2.45) is 17.6 Å². The van der Waals surface area contributed by atoms with Crippen molar-refractivity contribution >= 4 is 11.8 Å². The molecule has 24 heavy (non-hydrogen) atoms. The maximum Gasteiger partial charge on any atom is 0.239 e. The van der Waals surface area contributed by atoms with E-state index >= 15 is 0 Å². The van der Waals surface area contributed by atoms with Gasteiger partial charge in [-0.2, -0.15) is 0 Å². The topological polar surface area (TPSA) is 75.4 Å². The van der Waals surface area contributed by atoms with Crippen LogP contribution < -0.4 is 11.1 Å². The number of benzene rings is 1. The molecule has 1 fully saturated rings. The Bertz CT molecular complexity index is 545. The number of nitrogens with one attached hydrogen (secondary N) is 1. The van der Waals surface area contributed by atoms with Crippen LogP contribution in [0, 0.1) is 11.8 Å². The molecule has 0 spiro atoms. The van der Waals surface area contributed by atoms with E-state index in [0.717, 1.165) is 24.9 Å². The Morgan fingerprint density at radius 1 is 1.29 bits per heavy atom. The van der Waals surface area contributed by atoms with Crippen molar-refractivity contribution in [2.45, 2.75) is 39.2 Å². The zero-order valence-electron chi connectivity index (χ0n) is 14.7. The summed E-state index contributed by atoms with van der Waals surface area (Å²) in [5.41, 5.74) is 7.21. The molecule has 1 saturated heterocycles. The summed E-state index contributed by atoms with van der Waals surface area (Å²) in [5.74, 6) is 0.387. The average Bonchev–Trinajstić information content (AvgIpc) is 2.60. The molecular weight excluding hydrogens is 302 g/mol. The van der Waals surface area contributed by atoms with Gasteiger partial charge in [0.05, 0.1) is 6.04 Å². The monoisotopic (exact) mass is 331 g/mol. The van der Waals surface area contributed by atoms with Crippen LogP contribution in [0.4, 0.5) is 0 Å². The van der Waals surface area contributed by atoms with E-state index in [1.165, 1.54) is 0 Å². The van der Waals surface area contributed by atoms with Crippen molar-refractivity contribution < 1.29 is 9.59 Å². The number of nitrogens with zero attached hydrogens (tertiary/aromatic N) is 1. The standard InChI is InChI=1S/C19H29N3O2/c1-14(2)18(23)21-12-16-9-6-10-22(13-16)19(24)17(20)11-15-7-4-3-5-8-15/h3-5,7-8,14,16-17H,6,9-13,20H2,1-2H3,(H,21,23)/t16?,17-/m0/s1. The first-order valence-electron chi connectivity index (χ1n) is 8.83. The Balaban J connectivity index is 1.84. The number of amides is 2. The van der Waals surface area contributed by atoms with Crippen molar-refractivity contribution in [2.75, 3.05) is 19.6 Å². The summed E-state index contributed by atoms with van der Waals surface area (Å²) in [7, 11) is 0. The molecule has 1 aliphatic heterocycles. The van der Waals surface area contributed by atoms with Crippen LogP contribution in [0.3, 0.4) is 0 Å². The van der Waals surface area contributed by atoms with E-state index < -0.39 is 6.04 Å². The Morgan fingerprint density at radius 2 is 2.00 bits per heavy atom. The van der Waals surface area contributed by atoms with Gasteiger partial charge in [0.15, 0.2) is 0 Å². The highest BCUT2D eigenvalue weighted by Crippen LogP contribution is 2.17. The van der Waals surface area contributed by atoms with Gasteiger partial charge in [-0.3, -0.25) is 9.59 Å². The number of hydrogen-bond acceptors (Lipinski definition) is 3. The van der Waals surface area contributed by atoms with E-state index in [0.29, 0.717) is 25.4 Å². The van der Waals surface area contributed by atoms with Crippen molar-refractivity contribution in [3.05, 3.63) is 35.9 Å². The number of carbonyl (C=O) groups excluding carboxylic acids is 2. The summed E-state index contributed by atoms with van der Waals surface area (Å²) in [6.07, 6.45) is 2.56. The zero-order chi connectivity index (χ0) is 17.5. The summed E-state index contributed by atoms with van der Waals surface area (Å²) < 4.78 is 0. The van der Waals surface area contributed by atoms with Crippen LogP contribution in [0.25, 0.3) is 0 Å². The molecular formula is C19H29N3O2. The van der Waals surface area contributed by atoms with E-state index in [1.54, 1.807) is 0 Å². The highest BCUT2D eigenvalue weighted by Gasteiger charge is 2.27. The van der Waals surface area contributed by atoms with Gasteiger partial charge in [0.2, 0.25) is 11.8 Å². The van der Waals surface area contributed by atoms with E-state index in [1.807, 2.05) is 49.1 Å². The fourth-order valence-electron chi connectivity index (χ4n) is 3.07. The Labute approximate surface area is 144 Å². The third-order valence-corrected chi connectivity index (χ3v) is 4.54. The van der Waals surface area contributed by atoms with Gasteiger partial charge in [-0.05, 0) is 30.7 Å². The third-order valence-electron chi connectivity index (χ3n) is 4.54. The minimum Gasteiger partial charge on any atom is -0.356 e. The first kappa shape index (κ1) is 18.5. The predicted octanol–water partition coefficient (Wildman–Crippen LogP) is 1.57. The molecule has 1 heterocycles. The maximum absolute atomic E-state index is 12.6. The smallest absolute Gasteiger partial charge is 0.239 e. The van der Waals surface area contributed by atoms with Crippen molar-refractivity contribution in [1.29, 1.82) is 0 Å². The van der Waals surface area contributed by atoms with Crippen LogP contribution in [-0.2, 0) is 16.0 Å². The van der Waals surface area contributed by atoms with Crippen LogP contribution in [0.5, 0.6) is 0 Å². The number of hydrogen-bond donors (Lipinski definition) is 2. The molecule has 0 aromatic heterocycles. The molecule has 0 radical (unpaired) electrons. The van der Waals surface area contributed by atoms with E-state index in [-0.39, 0.29) is 17.7 Å². The van der Waals surface area contributed by atoms with Gasteiger partial charge in [0.25, 0.3) is 0 Å². The number of carbonyl (C=O) groups is 2. The molecule has 5 heteroatoms. The van der Waals surface area contributed by atoms with E-state index in [9.17, 15) is 9.59 Å². The second kappa shape index (κ2) is 8.83. The fourth-order valence-corrected chi connectivity index (χ4v) is 3.07. The van der Waals surface area contributed by atoms with Crippen LogP contribution in [-0.4, -0.2) is 42.4 Å². The van der Waals surface area contributed by atoms with E-state index in [2.05, 4.69) is 5.32 Å². The molecule has 1 aromatic rings. The first-order valence-corrected chi connectivity index (χ1v) is 8.83. The molecule has 5 nitrogen and oxygen atoms in total. The molecule has 0 aliphatic carbocycles. The number of nitrogens with two attached hydrogens (primary N) is 1. The molecule has 2 amide bonds. The lowest BCUT2D eigenvalue weighted by molar-refractivity contribution is -0.134. The third kappa shape index (κ3) is 5.34. The van der Waals surface area contributed by atoms with Crippen LogP contribution >= 0.6 is 0 Å². The lowest BCUT2D eigenvalue weighted by atomic mass is 9.96. The quantitative estimate of drug-likeness (QED) is 0.831. The van der Waals surface area contributed by atoms with Gasteiger partial charge in [-0.15, -0.1) is 0 Å². The molecule has 2 rings (SSSR count). The molecule has 0 saturated carbocycles. The van der Waals surface area contributed by atoms with Crippen LogP contribution in [0.15, 0.2) is 30.3 Å². The average molecular weight is 331 g/mol. The summed E-state index contributed by atoms with van der Waals surface area (Å²) in [4.78, 5) is 26.2. The number of rotatable bonds is 6. The summed E-state index contributed by atoms with van der Waals surface area (Å²) in [5, 5.41) is 2.97. The molecule has 1 unspecified atom stereocenters. The van der Waals surface area contributed by atoms with Gasteiger partial charge in [0.1, 0.15) is 0 Å². The normalized spacial score (nSPS) is 19.2. The Morgan fingerprint density at radius 3 is 2.67 bits per heavy atom. The van der Waals surface area contributed by atoms with Gasteiger partial charge in [-0.25, -0.2) is 0 Å². The predicted molar refractivity (Wildman–Crippen MR) is 95.3 cm³/mol. The second-order valence-electron chi connectivity index (χ2n) is 6.99. The minimum absolute atomic E-state index is 0.00868. The van der Waals surface area contributed by atoms with Gasteiger partial charge < -0.3 is 16.0 Å². The van der Waals surface area contributed by atoms with Crippen molar-refractivity contribution in [3.8, 4) is 0 Å². The van der Waals surface area contributed by atoms with Gasteiger partial charge >= 0.3 is 0 Å². The van der Waals surface area contributed by atoms with Crippen LogP contribution in [0.2, 0.25) is 0 Å². The summed E-state index contributed by atoms with van der Waals surface area (Å²) >= 11 is 0. The Kier molecular flexibility index (Phi) is 6.79. The highest BCUT2D eigenvalue weighted by molar-refractivity contribution is 5.82. The second-order valence-corrected chi connectivity index (χ2v) is 6.99. The van der Waals surface area contributed by atoms with Crippen molar-refractivity contribution in [1.82, 2.24) is 10.2 Å². The summed E-state index contributed by atoms with van der Waals surface area (Å²) in [6.45, 7) is 5.84. The molecule has 1 aliphatic rings. The number of piperidine rings is 1. The summed E-state index contributed by atoms with van der Waals surface area (Å²) in [6, 6.07) is 9.36. The molecule has 2 atom stereocenters. The zero-order valence-corrected chi connectivity index (χ0v) is 14.7. The molecule has 3 N–H and O–H groups in total. The lowest BCUT2D eigenvalue weighted by Gasteiger charge is -2.34.